The van der Waals surface area contributed by atoms with Crippen molar-refractivity contribution in [3.05, 3.63) is 34.9 Å². The summed E-state index contributed by atoms with van der Waals surface area (Å²) < 4.78 is 75.1. The molecule has 0 saturated heterocycles. The number of benzene rings is 1. The highest BCUT2D eigenvalue weighted by Crippen LogP contribution is 2.36. The number of aliphatic hydroxyl groups is 1. The number of rotatable bonds is 3. The van der Waals surface area contributed by atoms with Crippen LogP contribution in [0, 0.1) is 0 Å². The van der Waals surface area contributed by atoms with Crippen LogP contribution >= 0.6 is 0 Å². The van der Waals surface area contributed by atoms with E-state index in [0.717, 1.165) is 0 Å². The Hall–Kier alpha value is -1.77. The van der Waals surface area contributed by atoms with E-state index >= 15 is 0 Å². The Balaban J connectivity index is 3.27. The van der Waals surface area contributed by atoms with Gasteiger partial charge in [-0.25, -0.2) is 0 Å². The standard InChI is InChI=1S/C11H9F6NO2/c12-10(13,14)7-3-6(9(20)18-1-2-19)4-8(5-7)11(15,16)17/h3-5,19H,1-2H2,(H,18,20). The Labute approximate surface area is 109 Å². The highest BCUT2D eigenvalue weighted by Gasteiger charge is 2.37. The first kappa shape index (κ1) is 16.3. The van der Waals surface area contributed by atoms with Crippen molar-refractivity contribution in [3.63, 3.8) is 0 Å². The summed E-state index contributed by atoms with van der Waals surface area (Å²) in [5.74, 6) is -1.13. The molecule has 0 saturated carbocycles. The Bertz CT molecular complexity index is 462. The van der Waals surface area contributed by atoms with Crippen molar-refractivity contribution in [2.75, 3.05) is 13.2 Å². The van der Waals surface area contributed by atoms with E-state index in [4.69, 9.17) is 5.11 Å². The van der Waals surface area contributed by atoms with Gasteiger partial charge >= 0.3 is 12.4 Å². The third kappa shape index (κ3) is 4.12. The van der Waals surface area contributed by atoms with Gasteiger partial charge in [0.05, 0.1) is 17.7 Å². The molecule has 0 fully saturated rings. The number of hydrogen-bond acceptors (Lipinski definition) is 2. The van der Waals surface area contributed by atoms with E-state index in [1.165, 1.54) is 0 Å². The lowest BCUT2D eigenvalue weighted by atomic mass is 10.0. The second kappa shape index (κ2) is 5.70. The van der Waals surface area contributed by atoms with Gasteiger partial charge in [0.2, 0.25) is 0 Å². The first-order valence-electron chi connectivity index (χ1n) is 5.24. The molecule has 1 aromatic carbocycles. The summed E-state index contributed by atoms with van der Waals surface area (Å²) in [4.78, 5) is 11.4. The van der Waals surface area contributed by atoms with Crippen LogP contribution in [0.3, 0.4) is 0 Å². The van der Waals surface area contributed by atoms with Gasteiger partial charge in [-0.2, -0.15) is 26.3 Å². The Morgan fingerprint density at radius 1 is 1.00 bits per heavy atom. The topological polar surface area (TPSA) is 49.3 Å². The highest BCUT2D eigenvalue weighted by molar-refractivity contribution is 5.94. The summed E-state index contributed by atoms with van der Waals surface area (Å²) in [6.07, 6.45) is -10.0. The zero-order valence-electron chi connectivity index (χ0n) is 9.77. The van der Waals surface area contributed by atoms with Gasteiger partial charge in [0.15, 0.2) is 0 Å². The van der Waals surface area contributed by atoms with Crippen molar-refractivity contribution in [2.45, 2.75) is 12.4 Å². The van der Waals surface area contributed by atoms with E-state index < -0.39 is 41.6 Å². The van der Waals surface area contributed by atoms with Crippen molar-refractivity contribution >= 4 is 5.91 Å². The van der Waals surface area contributed by atoms with Crippen LogP contribution in [0.1, 0.15) is 21.5 Å². The monoisotopic (exact) mass is 301 g/mol. The number of nitrogens with one attached hydrogen (secondary N) is 1. The van der Waals surface area contributed by atoms with Gasteiger partial charge in [-0.3, -0.25) is 4.79 Å². The normalized spacial score (nSPS) is 12.3. The van der Waals surface area contributed by atoms with Crippen molar-refractivity contribution in [3.8, 4) is 0 Å². The van der Waals surface area contributed by atoms with Gasteiger partial charge in [0.25, 0.3) is 5.91 Å². The minimum absolute atomic E-state index is 0.0666. The van der Waals surface area contributed by atoms with Gasteiger partial charge in [-0.1, -0.05) is 0 Å². The van der Waals surface area contributed by atoms with E-state index in [2.05, 4.69) is 0 Å². The zero-order chi connectivity index (χ0) is 15.6. The molecule has 20 heavy (non-hydrogen) atoms. The molecule has 0 bridgehead atoms. The van der Waals surface area contributed by atoms with Crippen LogP contribution in [0.25, 0.3) is 0 Å². The van der Waals surface area contributed by atoms with Gasteiger partial charge in [-0.15, -0.1) is 0 Å². The summed E-state index contributed by atoms with van der Waals surface area (Å²) in [7, 11) is 0. The number of aliphatic hydroxyl groups excluding tert-OH is 1. The van der Waals surface area contributed by atoms with E-state index in [0.29, 0.717) is 12.1 Å². The van der Waals surface area contributed by atoms with Gasteiger partial charge in [-0.05, 0) is 18.2 Å². The van der Waals surface area contributed by atoms with Crippen molar-refractivity contribution in [2.24, 2.45) is 0 Å². The fourth-order valence-corrected chi connectivity index (χ4v) is 1.36. The maximum atomic E-state index is 12.5. The molecule has 0 aromatic heterocycles. The minimum Gasteiger partial charge on any atom is -0.395 e. The molecule has 0 atom stereocenters. The van der Waals surface area contributed by atoms with Crippen molar-refractivity contribution in [1.82, 2.24) is 5.32 Å². The summed E-state index contributed by atoms with van der Waals surface area (Å²) in [6.45, 7) is -0.771. The second-order valence-electron chi connectivity index (χ2n) is 3.77. The van der Waals surface area contributed by atoms with E-state index in [1.807, 2.05) is 5.32 Å². The van der Waals surface area contributed by atoms with Crippen LogP contribution in [0.15, 0.2) is 18.2 Å². The van der Waals surface area contributed by atoms with Crippen LogP contribution < -0.4 is 5.32 Å². The van der Waals surface area contributed by atoms with Crippen molar-refractivity contribution in [1.29, 1.82) is 0 Å². The Morgan fingerprint density at radius 2 is 1.45 bits per heavy atom. The van der Waals surface area contributed by atoms with Gasteiger partial charge < -0.3 is 10.4 Å². The molecule has 2 N–H and O–H groups in total. The molecule has 9 heteroatoms. The summed E-state index contributed by atoms with van der Waals surface area (Å²) in [5.41, 5.74) is -3.91. The molecule has 0 aliphatic heterocycles. The highest BCUT2D eigenvalue weighted by atomic mass is 19.4. The van der Waals surface area contributed by atoms with Gasteiger partial charge in [0.1, 0.15) is 0 Å². The molecule has 0 spiro atoms. The summed E-state index contributed by atoms with van der Waals surface area (Å²) >= 11 is 0. The summed E-state index contributed by atoms with van der Waals surface area (Å²) in [6, 6.07) is 0.576. The third-order valence-electron chi connectivity index (χ3n) is 2.25. The lowest BCUT2D eigenvalue weighted by Crippen LogP contribution is -2.27. The maximum Gasteiger partial charge on any atom is 0.416 e. The number of amides is 1. The SMILES string of the molecule is O=C(NCCO)c1cc(C(F)(F)F)cc(C(F)(F)F)c1. The molecule has 0 unspecified atom stereocenters. The molecule has 0 heterocycles. The van der Waals surface area contributed by atoms with Crippen LogP contribution in [-0.2, 0) is 12.4 Å². The summed E-state index contributed by atoms with van der Waals surface area (Å²) in [5, 5.41) is 10.4. The second-order valence-corrected chi connectivity index (χ2v) is 3.77. The molecule has 3 nitrogen and oxygen atoms in total. The Kier molecular flexibility index (Phi) is 4.64. The first-order chi connectivity index (χ1) is 9.05. The van der Waals surface area contributed by atoms with Crippen LogP contribution in [0.2, 0.25) is 0 Å². The molecule has 0 aliphatic carbocycles. The van der Waals surface area contributed by atoms with Crippen LogP contribution in [-0.4, -0.2) is 24.2 Å². The molecule has 1 rings (SSSR count). The van der Waals surface area contributed by atoms with Crippen LogP contribution in [0.4, 0.5) is 26.3 Å². The fourth-order valence-electron chi connectivity index (χ4n) is 1.36. The molecule has 0 radical (unpaired) electrons. The molecular weight excluding hydrogens is 292 g/mol. The minimum atomic E-state index is -5.01. The third-order valence-corrected chi connectivity index (χ3v) is 2.25. The number of halogens is 6. The number of alkyl halides is 6. The van der Waals surface area contributed by atoms with E-state index in [-0.39, 0.29) is 12.6 Å². The lowest BCUT2D eigenvalue weighted by molar-refractivity contribution is -0.143. The largest absolute Gasteiger partial charge is 0.416 e. The Morgan fingerprint density at radius 3 is 1.80 bits per heavy atom. The quantitative estimate of drug-likeness (QED) is 0.843. The number of hydrogen-bond donors (Lipinski definition) is 2. The predicted molar refractivity (Wildman–Crippen MR) is 55.9 cm³/mol. The van der Waals surface area contributed by atoms with E-state index in [1.54, 1.807) is 0 Å². The smallest absolute Gasteiger partial charge is 0.395 e. The zero-order valence-corrected chi connectivity index (χ0v) is 9.77. The predicted octanol–water partition coefficient (Wildman–Crippen LogP) is 2.45. The number of carbonyl (C=O) groups is 1. The average molecular weight is 301 g/mol. The van der Waals surface area contributed by atoms with Crippen LogP contribution in [0.5, 0.6) is 0 Å². The maximum absolute atomic E-state index is 12.5. The average Bonchev–Trinajstić information content (AvgIpc) is 2.33. The molecule has 112 valence electrons. The molecule has 0 aliphatic rings. The van der Waals surface area contributed by atoms with Gasteiger partial charge in [0, 0.05) is 12.1 Å². The number of carbonyl (C=O) groups excluding carboxylic acids is 1. The lowest BCUT2D eigenvalue weighted by Gasteiger charge is -2.14. The molecular formula is C11H9F6NO2. The molecule has 1 aromatic rings. The fraction of sp³-hybridized carbons (Fsp3) is 0.364. The first-order valence-corrected chi connectivity index (χ1v) is 5.24. The van der Waals surface area contributed by atoms with E-state index in [9.17, 15) is 31.1 Å². The molecule has 1 amide bonds. The van der Waals surface area contributed by atoms with Crippen molar-refractivity contribution < 1.29 is 36.2 Å².